The Hall–Kier alpha value is -2.81. The summed E-state index contributed by atoms with van der Waals surface area (Å²) in [5, 5.41) is 18.3. The molecule has 1 heterocycles. The van der Waals surface area contributed by atoms with Crippen molar-refractivity contribution in [1.82, 2.24) is 25.7 Å². The average Bonchev–Trinajstić information content (AvgIpc) is 2.67. The minimum atomic E-state index is -0.851. The van der Waals surface area contributed by atoms with E-state index in [1.54, 1.807) is 0 Å². The SMILES string of the molecule is Cc1ccc2nc(NNC(=O)C3(CN(O)C=O)CCC(C)CC3)nnc2c1. The van der Waals surface area contributed by atoms with Gasteiger partial charge in [-0.3, -0.25) is 25.6 Å². The smallest absolute Gasteiger partial charge is 0.262 e. The summed E-state index contributed by atoms with van der Waals surface area (Å²) in [5.74, 6) is 0.386. The molecule has 0 unspecified atom stereocenters. The van der Waals surface area contributed by atoms with Gasteiger partial charge < -0.3 is 0 Å². The first-order valence-corrected chi connectivity index (χ1v) is 9.00. The lowest BCUT2D eigenvalue weighted by atomic mass is 9.70. The fourth-order valence-corrected chi connectivity index (χ4v) is 3.46. The van der Waals surface area contributed by atoms with Gasteiger partial charge in [0.1, 0.15) is 5.52 Å². The van der Waals surface area contributed by atoms with Crippen LogP contribution in [0.25, 0.3) is 11.0 Å². The van der Waals surface area contributed by atoms with Crippen molar-refractivity contribution in [3.05, 3.63) is 23.8 Å². The molecule has 3 rings (SSSR count). The predicted molar refractivity (Wildman–Crippen MR) is 98.5 cm³/mol. The van der Waals surface area contributed by atoms with Crippen molar-refractivity contribution >= 4 is 29.3 Å². The number of nitrogens with zero attached hydrogens (tertiary/aromatic N) is 4. The molecule has 0 bridgehead atoms. The molecule has 0 saturated heterocycles. The number of aryl methyl sites for hydroxylation is 1. The molecule has 9 nitrogen and oxygen atoms in total. The van der Waals surface area contributed by atoms with E-state index in [0.29, 0.717) is 41.3 Å². The number of hydroxylamine groups is 2. The van der Waals surface area contributed by atoms with Crippen molar-refractivity contribution in [1.29, 1.82) is 0 Å². The Labute approximate surface area is 157 Å². The molecule has 9 heteroatoms. The number of hydrogen-bond donors (Lipinski definition) is 3. The Kier molecular flexibility index (Phi) is 5.50. The van der Waals surface area contributed by atoms with E-state index in [0.717, 1.165) is 18.4 Å². The molecule has 27 heavy (non-hydrogen) atoms. The number of fused-ring (bicyclic) bond motifs is 1. The average molecular weight is 372 g/mol. The Morgan fingerprint density at radius 1 is 1.33 bits per heavy atom. The summed E-state index contributed by atoms with van der Waals surface area (Å²) in [7, 11) is 0. The molecule has 0 atom stereocenters. The number of carbonyl (C=O) groups excluding carboxylic acids is 2. The van der Waals surface area contributed by atoms with Crippen LogP contribution in [0.1, 0.15) is 38.2 Å². The maximum atomic E-state index is 12.9. The normalized spacial score (nSPS) is 22.3. The minimum absolute atomic E-state index is 0.0488. The summed E-state index contributed by atoms with van der Waals surface area (Å²) >= 11 is 0. The summed E-state index contributed by atoms with van der Waals surface area (Å²) in [4.78, 5) is 28.0. The van der Waals surface area contributed by atoms with E-state index < -0.39 is 5.41 Å². The molecule has 144 valence electrons. The zero-order valence-electron chi connectivity index (χ0n) is 15.5. The number of anilines is 1. The predicted octanol–water partition coefficient (Wildman–Crippen LogP) is 1.82. The molecule has 1 saturated carbocycles. The third-order valence-electron chi connectivity index (χ3n) is 5.20. The van der Waals surface area contributed by atoms with Crippen LogP contribution in [0.4, 0.5) is 5.95 Å². The second-order valence-corrected chi connectivity index (χ2v) is 7.37. The maximum absolute atomic E-state index is 12.9. The first-order chi connectivity index (χ1) is 12.9. The van der Waals surface area contributed by atoms with Crippen LogP contribution in [0.2, 0.25) is 0 Å². The molecule has 0 spiro atoms. The lowest BCUT2D eigenvalue weighted by molar-refractivity contribution is -0.163. The summed E-state index contributed by atoms with van der Waals surface area (Å²) in [6.45, 7) is 4.04. The number of rotatable bonds is 6. The van der Waals surface area contributed by atoms with Gasteiger partial charge in [-0.25, -0.2) is 10.0 Å². The van der Waals surface area contributed by atoms with E-state index in [-0.39, 0.29) is 18.4 Å². The molecule has 2 amide bonds. The molecule has 3 N–H and O–H groups in total. The summed E-state index contributed by atoms with van der Waals surface area (Å²) < 4.78 is 0. The highest BCUT2D eigenvalue weighted by atomic mass is 16.5. The monoisotopic (exact) mass is 372 g/mol. The van der Waals surface area contributed by atoms with Gasteiger partial charge in [0.15, 0.2) is 0 Å². The lowest BCUT2D eigenvalue weighted by Crippen LogP contribution is -2.51. The number of nitrogens with one attached hydrogen (secondary N) is 2. The molecule has 0 radical (unpaired) electrons. The number of hydrazine groups is 1. The van der Waals surface area contributed by atoms with E-state index in [9.17, 15) is 14.8 Å². The van der Waals surface area contributed by atoms with Crippen molar-refractivity contribution in [2.24, 2.45) is 11.3 Å². The molecular weight excluding hydrogens is 348 g/mol. The second kappa shape index (κ2) is 7.83. The van der Waals surface area contributed by atoms with Gasteiger partial charge in [0.2, 0.25) is 12.3 Å². The Bertz CT molecular complexity index is 835. The van der Waals surface area contributed by atoms with Gasteiger partial charge in [-0.05, 0) is 56.2 Å². The van der Waals surface area contributed by atoms with Crippen LogP contribution in [-0.2, 0) is 9.59 Å². The quantitative estimate of drug-likeness (QED) is 0.402. The molecule has 1 aliphatic rings. The van der Waals surface area contributed by atoms with E-state index in [1.165, 1.54) is 0 Å². The fraction of sp³-hybridized carbons (Fsp3) is 0.500. The number of amides is 2. The molecule has 1 fully saturated rings. The fourth-order valence-electron chi connectivity index (χ4n) is 3.46. The first kappa shape index (κ1) is 19.0. The van der Waals surface area contributed by atoms with Crippen molar-refractivity contribution in [2.75, 3.05) is 12.0 Å². The highest BCUT2D eigenvalue weighted by molar-refractivity contribution is 5.84. The van der Waals surface area contributed by atoms with Gasteiger partial charge in [-0.2, -0.15) is 0 Å². The van der Waals surface area contributed by atoms with E-state index >= 15 is 0 Å². The Balaban J connectivity index is 1.71. The van der Waals surface area contributed by atoms with Gasteiger partial charge in [0.25, 0.3) is 5.95 Å². The van der Waals surface area contributed by atoms with Gasteiger partial charge in [-0.15, -0.1) is 10.2 Å². The maximum Gasteiger partial charge on any atom is 0.262 e. The summed E-state index contributed by atoms with van der Waals surface area (Å²) in [6, 6.07) is 5.64. The number of hydrogen-bond acceptors (Lipinski definition) is 7. The topological polar surface area (TPSA) is 120 Å². The summed E-state index contributed by atoms with van der Waals surface area (Å²) in [6.07, 6.45) is 3.20. The zero-order valence-corrected chi connectivity index (χ0v) is 15.5. The van der Waals surface area contributed by atoms with Gasteiger partial charge >= 0.3 is 0 Å². The Morgan fingerprint density at radius 3 is 2.78 bits per heavy atom. The Morgan fingerprint density at radius 2 is 2.07 bits per heavy atom. The molecule has 1 aromatic carbocycles. The lowest BCUT2D eigenvalue weighted by Gasteiger charge is -2.38. The van der Waals surface area contributed by atoms with Crippen LogP contribution < -0.4 is 10.9 Å². The number of aromatic nitrogens is 3. The standard InChI is InChI=1S/C18H24N6O3/c1-12-5-7-18(8-6-12,10-24(27)11-25)16(26)21-23-17-19-14-4-3-13(2)9-15(14)20-22-17/h3-4,9,11-12,27H,5-8,10H2,1-2H3,(H,21,26)(H,19,22,23). The van der Waals surface area contributed by atoms with Crippen molar-refractivity contribution < 1.29 is 14.8 Å². The van der Waals surface area contributed by atoms with E-state index in [1.807, 2.05) is 25.1 Å². The van der Waals surface area contributed by atoms with Crippen LogP contribution in [0, 0.1) is 18.3 Å². The molecule has 1 aromatic heterocycles. The number of carbonyl (C=O) groups is 2. The van der Waals surface area contributed by atoms with E-state index in [4.69, 9.17) is 0 Å². The van der Waals surface area contributed by atoms with Crippen molar-refractivity contribution in [3.8, 4) is 0 Å². The molecule has 2 aromatic rings. The third-order valence-corrected chi connectivity index (χ3v) is 5.20. The summed E-state index contributed by atoms with van der Waals surface area (Å²) in [5.41, 5.74) is 6.87. The molecule has 1 aliphatic carbocycles. The van der Waals surface area contributed by atoms with Crippen molar-refractivity contribution in [3.63, 3.8) is 0 Å². The number of benzene rings is 1. The van der Waals surface area contributed by atoms with Gasteiger partial charge in [0.05, 0.1) is 17.5 Å². The van der Waals surface area contributed by atoms with Crippen LogP contribution in [0.5, 0.6) is 0 Å². The molecule has 0 aliphatic heterocycles. The zero-order chi connectivity index (χ0) is 19.4. The van der Waals surface area contributed by atoms with Crippen LogP contribution in [-0.4, -0.2) is 44.3 Å². The van der Waals surface area contributed by atoms with E-state index in [2.05, 4.69) is 33.0 Å². The third kappa shape index (κ3) is 4.30. The van der Waals surface area contributed by atoms with Crippen LogP contribution in [0.15, 0.2) is 18.2 Å². The van der Waals surface area contributed by atoms with Crippen LogP contribution in [0.3, 0.4) is 0 Å². The van der Waals surface area contributed by atoms with Crippen molar-refractivity contribution in [2.45, 2.75) is 39.5 Å². The van der Waals surface area contributed by atoms with Gasteiger partial charge in [0, 0.05) is 0 Å². The molecular formula is C18H24N6O3. The van der Waals surface area contributed by atoms with Gasteiger partial charge in [-0.1, -0.05) is 13.0 Å². The highest BCUT2D eigenvalue weighted by Gasteiger charge is 2.42. The second-order valence-electron chi connectivity index (χ2n) is 7.37. The minimum Gasteiger partial charge on any atom is -0.286 e. The largest absolute Gasteiger partial charge is 0.286 e. The van der Waals surface area contributed by atoms with Crippen LogP contribution >= 0.6 is 0 Å². The first-order valence-electron chi connectivity index (χ1n) is 9.00. The highest BCUT2D eigenvalue weighted by Crippen LogP contribution is 2.39.